The Hall–Kier alpha value is -1.38. The summed E-state index contributed by atoms with van der Waals surface area (Å²) >= 11 is 0. The number of nitrogens with zero attached hydrogens (tertiary/aromatic N) is 2. The Morgan fingerprint density at radius 2 is 1.35 bits per heavy atom. The van der Waals surface area contributed by atoms with Crippen LogP contribution in [0.25, 0.3) is 10.9 Å². The van der Waals surface area contributed by atoms with Crippen LogP contribution in [0, 0.1) is 0 Å². The first kappa shape index (κ1) is 40.8. The molecule has 4 atom stereocenters. The maximum absolute atomic E-state index is 14.2. The van der Waals surface area contributed by atoms with Crippen molar-refractivity contribution < 1.29 is 32.1 Å². The van der Waals surface area contributed by atoms with Crippen LogP contribution >= 0.6 is 0 Å². The van der Waals surface area contributed by atoms with Crippen LogP contribution < -0.4 is 0 Å². The molecule has 0 fully saturated rings. The largest absolute Gasteiger partial charge is 0.456 e. The Balaban J connectivity index is 2.72. The third kappa shape index (κ3) is 14.0. The lowest BCUT2D eigenvalue weighted by molar-refractivity contribution is -0.166. The van der Waals surface area contributed by atoms with Gasteiger partial charge in [0.15, 0.2) is 47.6 Å². The van der Waals surface area contributed by atoms with Crippen molar-refractivity contribution in [2.45, 2.75) is 129 Å². The topological polar surface area (TPSA) is 89.7 Å². The quantitative estimate of drug-likeness (QED) is 0.0668. The Labute approximate surface area is 283 Å². The lowest BCUT2D eigenvalue weighted by Gasteiger charge is -2.42. The normalized spacial score (nSPS) is 16.4. The van der Waals surface area contributed by atoms with E-state index >= 15 is 0 Å². The van der Waals surface area contributed by atoms with Gasteiger partial charge in [-0.05, 0) is 96.4 Å². The van der Waals surface area contributed by atoms with Gasteiger partial charge in [0.2, 0.25) is 0 Å². The van der Waals surface area contributed by atoms with Crippen molar-refractivity contribution in [3.63, 3.8) is 0 Å². The van der Waals surface area contributed by atoms with E-state index in [0.717, 1.165) is 16.5 Å². The second-order valence-corrected chi connectivity index (χ2v) is 39.6. The number of hydrogen-bond donors (Lipinski definition) is 0. The molecule has 14 heteroatoms. The summed E-state index contributed by atoms with van der Waals surface area (Å²) in [6, 6.07) is 8.28. The van der Waals surface area contributed by atoms with E-state index in [9.17, 15) is 4.79 Å². The minimum absolute atomic E-state index is 0.119. The summed E-state index contributed by atoms with van der Waals surface area (Å²) in [7, 11) is -8.74. The Morgan fingerprint density at radius 3 is 1.85 bits per heavy atom. The molecule has 0 amide bonds. The number of ether oxygens (including phenoxy) is 1. The first-order chi connectivity index (χ1) is 20.8. The van der Waals surface area contributed by atoms with Gasteiger partial charge in [-0.25, -0.2) is 0 Å². The third-order valence-corrected chi connectivity index (χ3v) is 12.4. The second-order valence-electron chi connectivity index (χ2n) is 16.9. The highest BCUT2D eigenvalue weighted by atomic mass is 28.4. The van der Waals surface area contributed by atoms with Crippen LogP contribution in [0.15, 0.2) is 35.6 Å². The van der Waals surface area contributed by atoms with Crippen LogP contribution in [-0.2, 0) is 38.5 Å². The molecule has 262 valence electrons. The maximum atomic E-state index is 14.2. The van der Waals surface area contributed by atoms with Crippen LogP contribution in [0.4, 0.5) is 0 Å². The number of hydrogen-bond acceptors (Lipinski definition) is 8. The van der Waals surface area contributed by atoms with Crippen LogP contribution in [0.5, 0.6) is 0 Å². The first-order valence-electron chi connectivity index (χ1n) is 16.3. The van der Waals surface area contributed by atoms with E-state index in [1.807, 2.05) is 12.1 Å². The maximum Gasteiger partial charge on any atom is 0.310 e. The molecule has 0 spiro atoms. The number of rotatable bonds is 18. The van der Waals surface area contributed by atoms with Crippen molar-refractivity contribution in [1.82, 2.24) is 4.23 Å². The minimum atomic E-state index is -2.24. The zero-order chi connectivity index (χ0) is 35.3. The van der Waals surface area contributed by atoms with Gasteiger partial charge in [0.1, 0.15) is 25.4 Å². The number of carbonyl (C=O) groups is 1. The summed E-state index contributed by atoms with van der Waals surface area (Å²) in [6.07, 6.45) is 1.16. The Morgan fingerprint density at radius 1 is 0.783 bits per heavy atom. The fraction of sp³-hybridized carbons (Fsp3) is 0.688. The molecular formula is C32H62N2O7Si5. The molecule has 4 unspecified atom stereocenters. The molecule has 0 N–H and O–H groups in total. The van der Waals surface area contributed by atoms with Gasteiger partial charge in [-0.1, -0.05) is 43.0 Å². The van der Waals surface area contributed by atoms with Crippen molar-refractivity contribution in [3.8, 4) is 0 Å². The van der Waals surface area contributed by atoms with Gasteiger partial charge in [-0.3, -0.25) is 4.79 Å². The third-order valence-electron chi connectivity index (χ3n) is 6.61. The van der Waals surface area contributed by atoms with E-state index < -0.39 is 65.9 Å². The molecule has 9 nitrogen and oxygen atoms in total. The van der Waals surface area contributed by atoms with Crippen molar-refractivity contribution in [1.29, 1.82) is 0 Å². The molecule has 0 radical (unpaired) electrons. The van der Waals surface area contributed by atoms with E-state index in [1.54, 1.807) is 6.21 Å². The fourth-order valence-electron chi connectivity index (χ4n) is 5.07. The van der Waals surface area contributed by atoms with Gasteiger partial charge in [0.05, 0.1) is 19.2 Å². The number of oxime groups is 1. The summed E-state index contributed by atoms with van der Waals surface area (Å²) in [4.78, 5) is 19.3. The van der Waals surface area contributed by atoms with Crippen molar-refractivity contribution >= 4 is 64.6 Å². The SMILES string of the molecule is CO/N=C/C(O[Si](C)(C)C)C(O[Si](C)(C)C)C(OC(=O)Cc1cn([Si](C)(C)C)c2ccccc12)C(CO[Si](C)(C)C)O[Si](C)(C)C. The number of carbonyl (C=O) groups excluding carboxylic acids is 1. The number of benzene rings is 1. The van der Waals surface area contributed by atoms with Gasteiger partial charge in [-0.2, -0.15) is 0 Å². The summed E-state index contributed by atoms with van der Waals surface area (Å²) in [5, 5.41) is 5.19. The lowest BCUT2D eigenvalue weighted by atomic mass is 10.0. The lowest BCUT2D eigenvalue weighted by Crippen LogP contribution is -2.58. The first-order valence-corrected chi connectivity index (χ1v) is 33.4. The van der Waals surface area contributed by atoms with Gasteiger partial charge in [0, 0.05) is 10.9 Å². The monoisotopic (exact) mass is 726 g/mol. The smallest absolute Gasteiger partial charge is 0.310 e. The van der Waals surface area contributed by atoms with Crippen LogP contribution in [-0.4, -0.2) is 96.1 Å². The second kappa shape index (κ2) is 15.9. The van der Waals surface area contributed by atoms with Crippen molar-refractivity contribution in [2.75, 3.05) is 13.7 Å². The molecule has 0 aliphatic carbocycles. The van der Waals surface area contributed by atoms with E-state index in [2.05, 4.69) is 126 Å². The highest BCUT2D eigenvalue weighted by molar-refractivity contribution is 6.75. The average Bonchev–Trinajstić information content (AvgIpc) is 3.23. The highest BCUT2D eigenvalue weighted by Gasteiger charge is 2.45. The van der Waals surface area contributed by atoms with E-state index in [-0.39, 0.29) is 19.0 Å². The number of aromatic nitrogens is 1. The predicted molar refractivity (Wildman–Crippen MR) is 204 cm³/mol. The van der Waals surface area contributed by atoms with E-state index in [1.165, 1.54) is 7.11 Å². The molecule has 46 heavy (non-hydrogen) atoms. The molecule has 0 bridgehead atoms. The van der Waals surface area contributed by atoms with Crippen molar-refractivity contribution in [3.05, 3.63) is 36.0 Å². The summed E-state index contributed by atoms with van der Waals surface area (Å²) in [5.74, 6) is -0.347. The molecule has 0 aliphatic rings. The average molecular weight is 727 g/mol. The van der Waals surface area contributed by atoms with Gasteiger partial charge < -0.3 is 31.5 Å². The Bertz CT molecular complexity index is 1300. The molecule has 0 saturated carbocycles. The molecule has 2 aromatic rings. The minimum Gasteiger partial charge on any atom is -0.456 e. The molecule has 0 aliphatic heterocycles. The Kier molecular flexibility index (Phi) is 14.1. The van der Waals surface area contributed by atoms with Gasteiger partial charge in [0.25, 0.3) is 0 Å². The molecular weight excluding hydrogens is 665 g/mol. The summed E-state index contributed by atoms with van der Waals surface area (Å²) in [5.41, 5.74) is 2.09. The van der Waals surface area contributed by atoms with E-state index in [4.69, 9.17) is 27.3 Å². The molecule has 1 heterocycles. The predicted octanol–water partition coefficient (Wildman–Crippen LogP) is 7.92. The van der Waals surface area contributed by atoms with Gasteiger partial charge >= 0.3 is 5.97 Å². The summed E-state index contributed by atoms with van der Waals surface area (Å²) < 4.78 is 35.8. The van der Waals surface area contributed by atoms with E-state index in [0.29, 0.717) is 0 Å². The van der Waals surface area contributed by atoms with Gasteiger partial charge in [-0.15, -0.1) is 0 Å². The standard InChI is InChI=1S/C32H62N2O7Si5/c1-36-33-22-28(39-44(8,9)10)32(41-46(14,15)16)31(29(40-45(11,12)13)24-37-43(5,6)7)38-30(35)21-25-23-34(42(2,3)4)27-20-18-17-19-26(25)27/h17-20,22-23,28-29,31-32H,21,24H2,1-16H3/b33-22+. The number of fused-ring (bicyclic) bond motifs is 1. The number of esters is 1. The van der Waals surface area contributed by atoms with Crippen molar-refractivity contribution in [2.24, 2.45) is 5.16 Å². The molecule has 2 rings (SSSR count). The summed E-state index contributed by atoms with van der Waals surface area (Å²) in [6.45, 7) is 32.7. The molecule has 1 aromatic heterocycles. The van der Waals surface area contributed by atoms with Crippen LogP contribution in [0.1, 0.15) is 5.56 Å². The zero-order valence-corrected chi connectivity index (χ0v) is 36.4. The fourth-order valence-corrected chi connectivity index (χ4v) is 10.4. The highest BCUT2D eigenvalue weighted by Crippen LogP contribution is 2.29. The number of para-hydroxylation sites is 1. The van der Waals surface area contributed by atoms with Crippen LogP contribution in [0.3, 0.4) is 0 Å². The molecule has 1 aromatic carbocycles. The molecule has 0 saturated heterocycles. The van der Waals surface area contributed by atoms with Crippen LogP contribution in [0.2, 0.25) is 98.2 Å². The zero-order valence-electron chi connectivity index (χ0n) is 31.4.